The molecule has 1 aliphatic rings. The number of nitrogens with two attached hydrogens (primary N) is 1. The molecule has 102 valence electrons. The van der Waals surface area contributed by atoms with Gasteiger partial charge in [-0.25, -0.2) is 0 Å². The van der Waals surface area contributed by atoms with E-state index in [-0.39, 0.29) is 18.6 Å². The molecule has 0 spiro atoms. The van der Waals surface area contributed by atoms with Gasteiger partial charge in [-0.15, -0.1) is 0 Å². The molecule has 2 N–H and O–H groups in total. The first-order valence-corrected chi connectivity index (χ1v) is 6.84. The van der Waals surface area contributed by atoms with Gasteiger partial charge in [0.1, 0.15) is 0 Å². The van der Waals surface area contributed by atoms with Crippen LogP contribution in [0, 0.1) is 0 Å². The van der Waals surface area contributed by atoms with Crippen molar-refractivity contribution in [3.8, 4) is 0 Å². The molecule has 0 bridgehead atoms. The minimum Gasteiger partial charge on any atom is -0.452 e. The number of carbonyl (C=O) groups excluding carboxylic acids is 1. The number of hydrogen-bond acceptors (Lipinski definition) is 3. The standard InChI is InChI=1S/C17H17NO2/c18-11-16(19)20-17-14-7-3-1-5-12(14)9-10-13-6-2-4-8-15(13)17/h1-8,17H,9-11,18H2. The molecule has 0 fully saturated rings. The maximum atomic E-state index is 11.7. The van der Waals surface area contributed by atoms with Crippen LogP contribution < -0.4 is 5.73 Å². The average Bonchev–Trinajstić information content (AvgIpc) is 2.65. The molecule has 0 heterocycles. The van der Waals surface area contributed by atoms with Crippen LogP contribution in [0.2, 0.25) is 0 Å². The van der Waals surface area contributed by atoms with E-state index in [0.29, 0.717) is 0 Å². The van der Waals surface area contributed by atoms with Gasteiger partial charge in [-0.2, -0.15) is 0 Å². The number of rotatable bonds is 2. The van der Waals surface area contributed by atoms with E-state index in [1.54, 1.807) is 0 Å². The zero-order valence-corrected chi connectivity index (χ0v) is 11.2. The van der Waals surface area contributed by atoms with Crippen molar-refractivity contribution >= 4 is 5.97 Å². The Morgan fingerprint density at radius 2 is 1.50 bits per heavy atom. The number of benzene rings is 2. The van der Waals surface area contributed by atoms with Crippen LogP contribution in [0.15, 0.2) is 48.5 Å². The summed E-state index contributed by atoms with van der Waals surface area (Å²) in [5.41, 5.74) is 10.0. The van der Waals surface area contributed by atoms with Crippen LogP contribution >= 0.6 is 0 Å². The van der Waals surface area contributed by atoms with E-state index in [0.717, 1.165) is 24.0 Å². The topological polar surface area (TPSA) is 52.3 Å². The molecule has 0 saturated carbocycles. The summed E-state index contributed by atoms with van der Waals surface area (Å²) in [5, 5.41) is 0. The molecular formula is C17H17NO2. The third-order valence-electron chi connectivity index (χ3n) is 3.75. The Labute approximate surface area is 118 Å². The van der Waals surface area contributed by atoms with Gasteiger partial charge in [-0.05, 0) is 24.0 Å². The lowest BCUT2D eigenvalue weighted by atomic mass is 9.97. The van der Waals surface area contributed by atoms with Gasteiger partial charge >= 0.3 is 5.97 Å². The van der Waals surface area contributed by atoms with Crippen LogP contribution in [0.3, 0.4) is 0 Å². The molecule has 0 aromatic heterocycles. The highest BCUT2D eigenvalue weighted by molar-refractivity contribution is 5.72. The van der Waals surface area contributed by atoms with Crippen molar-refractivity contribution in [1.29, 1.82) is 0 Å². The van der Waals surface area contributed by atoms with Crippen LogP contribution in [0.5, 0.6) is 0 Å². The Morgan fingerprint density at radius 3 is 2.00 bits per heavy atom. The van der Waals surface area contributed by atoms with Gasteiger partial charge in [0, 0.05) is 11.1 Å². The number of ether oxygens (including phenoxy) is 1. The zero-order valence-electron chi connectivity index (χ0n) is 11.2. The molecule has 20 heavy (non-hydrogen) atoms. The molecule has 3 rings (SSSR count). The minimum atomic E-state index is -0.374. The SMILES string of the molecule is NCC(=O)OC1c2ccccc2CCc2ccccc21. The molecule has 2 aromatic rings. The summed E-state index contributed by atoms with van der Waals surface area (Å²) < 4.78 is 5.61. The van der Waals surface area contributed by atoms with Gasteiger partial charge in [0.15, 0.2) is 6.10 Å². The first kappa shape index (κ1) is 12.9. The second-order valence-electron chi connectivity index (χ2n) is 4.97. The van der Waals surface area contributed by atoms with Crippen molar-refractivity contribution in [1.82, 2.24) is 0 Å². The van der Waals surface area contributed by atoms with E-state index in [1.165, 1.54) is 11.1 Å². The summed E-state index contributed by atoms with van der Waals surface area (Å²) in [6, 6.07) is 16.3. The quantitative estimate of drug-likeness (QED) is 0.850. The highest BCUT2D eigenvalue weighted by Gasteiger charge is 2.25. The van der Waals surface area contributed by atoms with E-state index < -0.39 is 0 Å². The second-order valence-corrected chi connectivity index (χ2v) is 4.97. The van der Waals surface area contributed by atoms with E-state index in [1.807, 2.05) is 36.4 Å². The summed E-state index contributed by atoms with van der Waals surface area (Å²) >= 11 is 0. The molecule has 0 atom stereocenters. The fourth-order valence-electron chi connectivity index (χ4n) is 2.78. The molecule has 3 heteroatoms. The maximum Gasteiger partial charge on any atom is 0.320 e. The lowest BCUT2D eigenvalue weighted by Crippen LogP contribution is -2.21. The Balaban J connectivity index is 2.11. The Bertz CT molecular complexity index is 589. The normalized spacial score (nSPS) is 14.1. The molecule has 1 aliphatic carbocycles. The van der Waals surface area contributed by atoms with Gasteiger partial charge in [0.05, 0.1) is 6.54 Å². The number of fused-ring (bicyclic) bond motifs is 2. The summed E-state index contributed by atoms with van der Waals surface area (Å²) in [6.07, 6.45) is 1.58. The first-order valence-electron chi connectivity index (χ1n) is 6.84. The van der Waals surface area contributed by atoms with Crippen LogP contribution in [0.25, 0.3) is 0 Å². The third kappa shape index (κ3) is 2.32. The predicted octanol–water partition coefficient (Wildman–Crippen LogP) is 2.38. The third-order valence-corrected chi connectivity index (χ3v) is 3.75. The largest absolute Gasteiger partial charge is 0.452 e. The zero-order chi connectivity index (χ0) is 13.9. The molecule has 2 aromatic carbocycles. The average molecular weight is 267 g/mol. The molecule has 0 unspecified atom stereocenters. The number of esters is 1. The lowest BCUT2D eigenvalue weighted by Gasteiger charge is -2.20. The number of hydrogen-bond donors (Lipinski definition) is 1. The van der Waals surface area contributed by atoms with E-state index in [4.69, 9.17) is 10.5 Å². The predicted molar refractivity (Wildman–Crippen MR) is 77.3 cm³/mol. The van der Waals surface area contributed by atoms with Gasteiger partial charge in [-0.1, -0.05) is 48.5 Å². The van der Waals surface area contributed by atoms with Crippen molar-refractivity contribution in [3.05, 3.63) is 70.8 Å². The van der Waals surface area contributed by atoms with Gasteiger partial charge < -0.3 is 10.5 Å². The fraction of sp³-hybridized carbons (Fsp3) is 0.235. The molecule has 0 aliphatic heterocycles. The summed E-state index contributed by atoms with van der Waals surface area (Å²) in [7, 11) is 0. The lowest BCUT2D eigenvalue weighted by molar-refractivity contribution is -0.145. The van der Waals surface area contributed by atoms with Crippen molar-refractivity contribution in [2.45, 2.75) is 18.9 Å². The van der Waals surface area contributed by atoms with Crippen LogP contribution in [0.4, 0.5) is 0 Å². The Morgan fingerprint density at radius 1 is 1.00 bits per heavy atom. The highest BCUT2D eigenvalue weighted by atomic mass is 16.5. The van der Waals surface area contributed by atoms with Gasteiger partial charge in [0.2, 0.25) is 0 Å². The van der Waals surface area contributed by atoms with E-state index in [2.05, 4.69) is 12.1 Å². The maximum absolute atomic E-state index is 11.7. The van der Waals surface area contributed by atoms with E-state index >= 15 is 0 Å². The second kappa shape index (κ2) is 5.47. The van der Waals surface area contributed by atoms with Crippen molar-refractivity contribution < 1.29 is 9.53 Å². The Kier molecular flexibility index (Phi) is 3.52. The van der Waals surface area contributed by atoms with Crippen LogP contribution in [-0.2, 0) is 22.4 Å². The Hall–Kier alpha value is -2.13. The molecule has 0 saturated heterocycles. The summed E-state index contributed by atoms with van der Waals surface area (Å²) in [6.45, 7) is -0.0964. The van der Waals surface area contributed by atoms with Gasteiger partial charge in [0.25, 0.3) is 0 Å². The molecule has 3 nitrogen and oxygen atoms in total. The van der Waals surface area contributed by atoms with Crippen LogP contribution in [-0.4, -0.2) is 12.5 Å². The molecule has 0 radical (unpaired) electrons. The van der Waals surface area contributed by atoms with Crippen molar-refractivity contribution in [2.75, 3.05) is 6.54 Å². The number of carbonyl (C=O) groups is 1. The molecular weight excluding hydrogens is 250 g/mol. The van der Waals surface area contributed by atoms with Gasteiger partial charge in [-0.3, -0.25) is 4.79 Å². The monoisotopic (exact) mass is 267 g/mol. The van der Waals surface area contributed by atoms with Crippen LogP contribution in [0.1, 0.15) is 28.4 Å². The number of aryl methyl sites for hydroxylation is 2. The van der Waals surface area contributed by atoms with Crippen molar-refractivity contribution in [2.24, 2.45) is 5.73 Å². The fourth-order valence-corrected chi connectivity index (χ4v) is 2.78. The highest BCUT2D eigenvalue weighted by Crippen LogP contribution is 2.34. The minimum absolute atomic E-state index is 0.0964. The first-order chi connectivity index (χ1) is 9.79. The summed E-state index contributed by atoms with van der Waals surface area (Å²) in [4.78, 5) is 11.7. The summed E-state index contributed by atoms with van der Waals surface area (Å²) in [5.74, 6) is -0.374. The smallest absolute Gasteiger partial charge is 0.320 e. The van der Waals surface area contributed by atoms with Crippen molar-refractivity contribution in [3.63, 3.8) is 0 Å². The van der Waals surface area contributed by atoms with E-state index in [9.17, 15) is 4.79 Å². The molecule has 0 amide bonds.